The van der Waals surface area contributed by atoms with Crippen molar-refractivity contribution in [2.45, 2.75) is 26.7 Å². The molecule has 2 heterocycles. The summed E-state index contributed by atoms with van der Waals surface area (Å²) in [6.45, 7) is 3.76. The van der Waals surface area contributed by atoms with Crippen LogP contribution in [0.1, 0.15) is 24.0 Å². The average Bonchev–Trinajstić information content (AvgIpc) is 3.08. The fourth-order valence-electron chi connectivity index (χ4n) is 5.43. The number of aromatic nitrogens is 2. The summed E-state index contributed by atoms with van der Waals surface area (Å²) in [5, 5.41) is 1.98. The van der Waals surface area contributed by atoms with Gasteiger partial charge in [-0.1, -0.05) is 12.1 Å². The summed E-state index contributed by atoms with van der Waals surface area (Å²) in [6, 6.07) is 26.7. The first-order valence-corrected chi connectivity index (χ1v) is 14.8. The molecule has 0 unspecified atom stereocenters. The molecular weight excluding hydrogens is 580 g/mol. The number of benzene rings is 4. The minimum atomic E-state index is -0.512. The lowest BCUT2D eigenvalue weighted by Crippen LogP contribution is -2.14. The fourth-order valence-corrected chi connectivity index (χ4v) is 5.43. The number of esters is 2. The Labute approximate surface area is 266 Å². The summed E-state index contributed by atoms with van der Waals surface area (Å²) >= 11 is 0. The maximum atomic E-state index is 12.7. The second kappa shape index (κ2) is 13.1. The Balaban J connectivity index is 1.07. The van der Waals surface area contributed by atoms with Crippen LogP contribution in [0.5, 0.6) is 23.0 Å². The second-order valence-electron chi connectivity index (χ2n) is 10.9. The average molecular weight is 613 g/mol. The monoisotopic (exact) mass is 612 g/mol. The number of fused-ring (bicyclic) bond motifs is 2. The molecule has 0 atom stereocenters. The SMILES string of the molecule is COc1ccc2c(-c3ccc(OC(=O)CCC(=O)Oc4ccc(-c5ccnc6cc(OC)ccc56)cc4C)c(C)c3)ccnc2c1. The minimum absolute atomic E-state index is 0.111. The van der Waals surface area contributed by atoms with Gasteiger partial charge in [0.25, 0.3) is 0 Å². The first kappa shape index (κ1) is 30.3. The van der Waals surface area contributed by atoms with Crippen LogP contribution < -0.4 is 18.9 Å². The number of carbonyl (C=O) groups is 2. The molecule has 0 spiro atoms. The van der Waals surface area contributed by atoms with Gasteiger partial charge >= 0.3 is 11.9 Å². The van der Waals surface area contributed by atoms with Crippen molar-refractivity contribution in [1.82, 2.24) is 9.97 Å². The molecule has 8 heteroatoms. The zero-order chi connectivity index (χ0) is 32.2. The largest absolute Gasteiger partial charge is 0.497 e. The van der Waals surface area contributed by atoms with Crippen molar-refractivity contribution < 1.29 is 28.5 Å². The molecule has 6 aromatic rings. The molecule has 0 aliphatic rings. The molecule has 0 amide bonds. The van der Waals surface area contributed by atoms with E-state index in [1.807, 2.05) is 86.6 Å². The zero-order valence-electron chi connectivity index (χ0n) is 26.0. The molecule has 6 rings (SSSR count). The summed E-state index contributed by atoms with van der Waals surface area (Å²) in [4.78, 5) is 34.2. The van der Waals surface area contributed by atoms with E-state index in [2.05, 4.69) is 9.97 Å². The van der Waals surface area contributed by atoms with E-state index < -0.39 is 11.9 Å². The Bertz CT molecular complexity index is 1960. The summed E-state index contributed by atoms with van der Waals surface area (Å²) in [5.41, 5.74) is 7.20. The number of methoxy groups -OCH3 is 2. The van der Waals surface area contributed by atoms with Crippen LogP contribution in [0.2, 0.25) is 0 Å². The third kappa shape index (κ3) is 6.37. The lowest BCUT2D eigenvalue weighted by molar-refractivity contribution is -0.140. The van der Waals surface area contributed by atoms with Gasteiger partial charge < -0.3 is 18.9 Å². The van der Waals surface area contributed by atoms with E-state index in [1.165, 1.54) is 0 Å². The van der Waals surface area contributed by atoms with Crippen LogP contribution in [-0.2, 0) is 9.59 Å². The van der Waals surface area contributed by atoms with Gasteiger partial charge in [-0.3, -0.25) is 19.6 Å². The lowest BCUT2D eigenvalue weighted by Gasteiger charge is -2.12. The quantitative estimate of drug-likeness (QED) is 0.120. The molecule has 4 aromatic carbocycles. The van der Waals surface area contributed by atoms with E-state index >= 15 is 0 Å². The van der Waals surface area contributed by atoms with Crippen molar-refractivity contribution in [3.63, 3.8) is 0 Å². The molecule has 8 nitrogen and oxygen atoms in total. The van der Waals surface area contributed by atoms with Gasteiger partial charge in [0.15, 0.2) is 0 Å². The molecule has 46 heavy (non-hydrogen) atoms. The van der Waals surface area contributed by atoms with Crippen LogP contribution in [0.25, 0.3) is 44.1 Å². The molecule has 0 N–H and O–H groups in total. The summed E-state index contributed by atoms with van der Waals surface area (Å²) in [6.07, 6.45) is 3.30. The van der Waals surface area contributed by atoms with Crippen LogP contribution in [0, 0.1) is 13.8 Å². The maximum absolute atomic E-state index is 12.7. The Kier molecular flexibility index (Phi) is 8.61. The van der Waals surface area contributed by atoms with E-state index in [9.17, 15) is 9.59 Å². The first-order chi connectivity index (χ1) is 22.3. The summed E-state index contributed by atoms with van der Waals surface area (Å²) in [7, 11) is 3.25. The highest BCUT2D eigenvalue weighted by molar-refractivity contribution is 5.96. The van der Waals surface area contributed by atoms with Crippen LogP contribution in [0.15, 0.2) is 97.3 Å². The van der Waals surface area contributed by atoms with Gasteiger partial charge in [-0.15, -0.1) is 0 Å². The Morgan fingerprint density at radius 3 is 1.39 bits per heavy atom. The molecule has 0 saturated carbocycles. The number of rotatable bonds is 9. The number of ether oxygens (including phenoxy) is 4. The molecular formula is C38H32N2O6. The predicted octanol–water partition coefficient (Wildman–Crippen LogP) is 8.04. The molecule has 230 valence electrons. The number of hydrogen-bond acceptors (Lipinski definition) is 8. The van der Waals surface area contributed by atoms with Gasteiger partial charge in [-0.25, -0.2) is 0 Å². The molecule has 2 aromatic heterocycles. The van der Waals surface area contributed by atoms with E-state index in [0.717, 1.165) is 66.7 Å². The topological polar surface area (TPSA) is 96.8 Å². The maximum Gasteiger partial charge on any atom is 0.311 e. The third-order valence-electron chi connectivity index (χ3n) is 7.85. The molecule has 0 bridgehead atoms. The van der Waals surface area contributed by atoms with Crippen LogP contribution in [0.4, 0.5) is 0 Å². The number of nitrogens with zero attached hydrogens (tertiary/aromatic N) is 2. The van der Waals surface area contributed by atoms with Crippen molar-refractivity contribution in [1.29, 1.82) is 0 Å². The van der Waals surface area contributed by atoms with E-state index in [0.29, 0.717) is 11.5 Å². The van der Waals surface area contributed by atoms with Crippen molar-refractivity contribution in [3.8, 4) is 45.3 Å². The standard InChI is InChI=1S/C38H32N2O6/c1-23-19-25(29-15-17-39-33-21-27(43-3)7-9-31(29)33)5-11-35(23)45-37(41)13-14-38(42)46-36-12-6-26(20-24(36)2)30-16-18-40-34-22-28(44-4)8-10-32(30)34/h5-12,15-22H,13-14H2,1-4H3. The highest BCUT2D eigenvalue weighted by Gasteiger charge is 2.15. The number of carbonyl (C=O) groups excluding carboxylic acids is 2. The van der Waals surface area contributed by atoms with Gasteiger partial charge in [0.1, 0.15) is 23.0 Å². The van der Waals surface area contributed by atoms with Crippen LogP contribution in [-0.4, -0.2) is 36.1 Å². The van der Waals surface area contributed by atoms with Crippen molar-refractivity contribution in [3.05, 3.63) is 108 Å². The van der Waals surface area contributed by atoms with Gasteiger partial charge in [-0.05, 0) is 108 Å². The predicted molar refractivity (Wildman–Crippen MR) is 177 cm³/mol. The highest BCUT2D eigenvalue weighted by Crippen LogP contribution is 2.34. The summed E-state index contributed by atoms with van der Waals surface area (Å²) in [5.74, 6) is 1.34. The van der Waals surface area contributed by atoms with Crippen molar-refractivity contribution in [2.24, 2.45) is 0 Å². The summed E-state index contributed by atoms with van der Waals surface area (Å²) < 4.78 is 21.9. The molecule has 0 fully saturated rings. The highest BCUT2D eigenvalue weighted by atomic mass is 16.5. The smallest absolute Gasteiger partial charge is 0.311 e. The molecule has 0 saturated heterocycles. The molecule has 0 aliphatic carbocycles. The number of aryl methyl sites for hydroxylation is 2. The van der Waals surface area contributed by atoms with E-state index in [1.54, 1.807) is 38.7 Å². The van der Waals surface area contributed by atoms with Gasteiger partial charge in [0.05, 0.1) is 38.1 Å². The fraction of sp³-hybridized carbons (Fsp3) is 0.158. The third-order valence-corrected chi connectivity index (χ3v) is 7.85. The Hall–Kier alpha value is -5.76. The van der Waals surface area contributed by atoms with E-state index in [4.69, 9.17) is 18.9 Å². The van der Waals surface area contributed by atoms with Crippen LogP contribution in [0.3, 0.4) is 0 Å². The normalized spacial score (nSPS) is 11.0. The van der Waals surface area contributed by atoms with E-state index in [-0.39, 0.29) is 12.8 Å². The van der Waals surface area contributed by atoms with Crippen molar-refractivity contribution in [2.75, 3.05) is 14.2 Å². The first-order valence-electron chi connectivity index (χ1n) is 14.8. The zero-order valence-corrected chi connectivity index (χ0v) is 26.0. The number of hydrogen-bond donors (Lipinski definition) is 0. The Morgan fingerprint density at radius 1 is 0.565 bits per heavy atom. The molecule has 0 aliphatic heterocycles. The van der Waals surface area contributed by atoms with Gasteiger partial charge in [0, 0.05) is 35.3 Å². The van der Waals surface area contributed by atoms with Crippen molar-refractivity contribution >= 4 is 33.7 Å². The minimum Gasteiger partial charge on any atom is -0.497 e. The number of pyridine rings is 2. The van der Waals surface area contributed by atoms with Crippen LogP contribution >= 0.6 is 0 Å². The Morgan fingerprint density at radius 2 is 1.00 bits per heavy atom. The van der Waals surface area contributed by atoms with Gasteiger partial charge in [-0.2, -0.15) is 0 Å². The van der Waals surface area contributed by atoms with Gasteiger partial charge in [0.2, 0.25) is 0 Å². The second-order valence-corrected chi connectivity index (χ2v) is 10.9. The lowest BCUT2D eigenvalue weighted by atomic mass is 9.99. The molecule has 0 radical (unpaired) electrons.